The number of piperidine rings is 1. The molecule has 1 atom stereocenters. The number of hydrogen-bond acceptors (Lipinski definition) is 6. The molecule has 1 aliphatic rings. The quantitative estimate of drug-likeness (QED) is 0.771. The third kappa shape index (κ3) is 3.79. The van der Waals surface area contributed by atoms with E-state index in [1.165, 1.54) is 12.8 Å². The van der Waals surface area contributed by atoms with Gasteiger partial charge in [-0.25, -0.2) is 15.0 Å². The van der Waals surface area contributed by atoms with Gasteiger partial charge in [0.25, 0.3) is 0 Å². The summed E-state index contributed by atoms with van der Waals surface area (Å²) in [5, 5.41) is 4.52. The van der Waals surface area contributed by atoms with Gasteiger partial charge in [0.15, 0.2) is 5.65 Å². The molecule has 0 radical (unpaired) electrons. The van der Waals surface area contributed by atoms with Crippen LogP contribution in [0.5, 0.6) is 0 Å². The molecule has 3 aromatic heterocycles. The fourth-order valence-corrected chi connectivity index (χ4v) is 3.53. The Labute approximate surface area is 147 Å². The highest BCUT2D eigenvalue weighted by molar-refractivity contribution is 5.86. The summed E-state index contributed by atoms with van der Waals surface area (Å²) in [6, 6.07) is 7.95. The molecule has 0 aromatic carbocycles. The molecule has 130 valence electrons. The average molecular weight is 337 g/mol. The highest BCUT2D eigenvalue weighted by Crippen LogP contribution is 2.22. The molecule has 3 aromatic rings. The van der Waals surface area contributed by atoms with Crippen LogP contribution < -0.4 is 5.32 Å². The predicted octanol–water partition coefficient (Wildman–Crippen LogP) is 3.25. The van der Waals surface area contributed by atoms with Crippen molar-refractivity contribution in [3.8, 4) is 0 Å². The lowest BCUT2D eigenvalue weighted by Crippen LogP contribution is -2.37. The van der Waals surface area contributed by atoms with Crippen LogP contribution in [0.3, 0.4) is 0 Å². The first-order chi connectivity index (χ1) is 12.3. The molecule has 25 heavy (non-hydrogen) atoms. The molecule has 1 unspecified atom stereocenters. The number of anilines is 1. The van der Waals surface area contributed by atoms with Gasteiger partial charge in [0.2, 0.25) is 0 Å². The van der Waals surface area contributed by atoms with E-state index in [0.717, 1.165) is 54.6 Å². The number of fused-ring (bicyclic) bond motifs is 1. The molecule has 4 rings (SSSR count). The highest BCUT2D eigenvalue weighted by Gasteiger charge is 2.21. The monoisotopic (exact) mass is 337 g/mol. The standard InChI is InChI=1S/C19H23N5O/c1-14-22-18-17(7-2-8-20-18)19(23-14)21-11-15-5-3-9-24(12-15)13-16-6-4-10-25-16/h2,4,6-8,10,15H,3,5,9,11-13H2,1H3,(H,20,21,22,23). The third-order valence-electron chi connectivity index (χ3n) is 4.70. The van der Waals surface area contributed by atoms with Crippen molar-refractivity contribution in [2.75, 3.05) is 25.0 Å². The molecule has 0 saturated carbocycles. The van der Waals surface area contributed by atoms with Crippen molar-refractivity contribution in [1.29, 1.82) is 0 Å². The minimum Gasteiger partial charge on any atom is -0.468 e. The van der Waals surface area contributed by atoms with E-state index in [1.807, 2.05) is 31.2 Å². The summed E-state index contributed by atoms with van der Waals surface area (Å²) < 4.78 is 5.48. The van der Waals surface area contributed by atoms with Crippen molar-refractivity contribution in [2.24, 2.45) is 5.92 Å². The number of likely N-dealkylation sites (tertiary alicyclic amines) is 1. The molecular weight excluding hydrogens is 314 g/mol. The van der Waals surface area contributed by atoms with Crippen molar-refractivity contribution >= 4 is 16.9 Å². The van der Waals surface area contributed by atoms with E-state index in [2.05, 4.69) is 25.2 Å². The Bertz CT molecular complexity index is 833. The van der Waals surface area contributed by atoms with Crippen molar-refractivity contribution in [1.82, 2.24) is 19.9 Å². The number of aromatic nitrogens is 3. The van der Waals surface area contributed by atoms with Crippen molar-refractivity contribution in [3.05, 3.63) is 48.3 Å². The lowest BCUT2D eigenvalue weighted by molar-refractivity contribution is 0.162. The van der Waals surface area contributed by atoms with Crippen LogP contribution in [0.1, 0.15) is 24.4 Å². The molecule has 0 aliphatic carbocycles. The number of furan rings is 1. The SMILES string of the molecule is Cc1nc(NCC2CCCN(Cc3ccco3)C2)c2cccnc2n1. The van der Waals surface area contributed by atoms with Gasteiger partial charge in [-0.05, 0) is 56.5 Å². The molecule has 0 amide bonds. The maximum Gasteiger partial charge on any atom is 0.164 e. The Morgan fingerprint density at radius 2 is 2.24 bits per heavy atom. The van der Waals surface area contributed by atoms with Gasteiger partial charge >= 0.3 is 0 Å². The first-order valence-corrected chi connectivity index (χ1v) is 8.86. The topological polar surface area (TPSA) is 67.1 Å². The number of nitrogens with one attached hydrogen (secondary N) is 1. The van der Waals surface area contributed by atoms with Gasteiger partial charge in [-0.15, -0.1) is 0 Å². The van der Waals surface area contributed by atoms with Crippen molar-refractivity contribution in [3.63, 3.8) is 0 Å². The summed E-state index contributed by atoms with van der Waals surface area (Å²) in [6.07, 6.45) is 5.97. The molecule has 4 heterocycles. The Morgan fingerprint density at radius 3 is 3.12 bits per heavy atom. The third-order valence-corrected chi connectivity index (χ3v) is 4.70. The Kier molecular flexibility index (Phi) is 4.61. The molecule has 0 spiro atoms. The fourth-order valence-electron chi connectivity index (χ4n) is 3.53. The van der Waals surface area contributed by atoms with Crippen LogP contribution in [0.25, 0.3) is 11.0 Å². The predicted molar refractivity (Wildman–Crippen MR) is 97.3 cm³/mol. The second kappa shape index (κ2) is 7.19. The van der Waals surface area contributed by atoms with Crippen LogP contribution >= 0.6 is 0 Å². The number of rotatable bonds is 5. The minimum absolute atomic E-state index is 0.603. The summed E-state index contributed by atoms with van der Waals surface area (Å²) in [4.78, 5) is 15.8. The van der Waals surface area contributed by atoms with E-state index in [4.69, 9.17) is 4.42 Å². The lowest BCUT2D eigenvalue weighted by atomic mass is 9.98. The van der Waals surface area contributed by atoms with Crippen LogP contribution in [0, 0.1) is 12.8 Å². The van der Waals surface area contributed by atoms with E-state index >= 15 is 0 Å². The molecular formula is C19H23N5O. The first kappa shape index (κ1) is 16.0. The van der Waals surface area contributed by atoms with E-state index < -0.39 is 0 Å². The van der Waals surface area contributed by atoms with Gasteiger partial charge in [-0.2, -0.15) is 0 Å². The zero-order valence-corrected chi connectivity index (χ0v) is 14.5. The smallest absolute Gasteiger partial charge is 0.164 e. The van der Waals surface area contributed by atoms with Gasteiger partial charge < -0.3 is 9.73 Å². The molecule has 6 nitrogen and oxygen atoms in total. The summed E-state index contributed by atoms with van der Waals surface area (Å²) in [7, 11) is 0. The molecule has 1 fully saturated rings. The van der Waals surface area contributed by atoms with E-state index in [0.29, 0.717) is 5.92 Å². The number of nitrogens with zero attached hydrogens (tertiary/aromatic N) is 4. The highest BCUT2D eigenvalue weighted by atomic mass is 16.3. The first-order valence-electron chi connectivity index (χ1n) is 8.86. The molecule has 1 aliphatic heterocycles. The number of aryl methyl sites for hydroxylation is 1. The normalized spacial score (nSPS) is 18.5. The van der Waals surface area contributed by atoms with Crippen molar-refractivity contribution in [2.45, 2.75) is 26.3 Å². The van der Waals surface area contributed by atoms with Crippen LogP contribution in [0.4, 0.5) is 5.82 Å². The minimum atomic E-state index is 0.603. The van der Waals surface area contributed by atoms with Gasteiger partial charge in [-0.3, -0.25) is 4.90 Å². The Hall–Kier alpha value is -2.47. The Morgan fingerprint density at radius 1 is 1.28 bits per heavy atom. The molecule has 1 saturated heterocycles. The summed E-state index contributed by atoms with van der Waals surface area (Å²) in [5.41, 5.74) is 0.751. The zero-order valence-electron chi connectivity index (χ0n) is 14.5. The van der Waals surface area contributed by atoms with E-state index in [1.54, 1.807) is 12.5 Å². The summed E-state index contributed by atoms with van der Waals surface area (Å²) in [6.45, 7) is 5.92. The zero-order chi connectivity index (χ0) is 17.1. The van der Waals surface area contributed by atoms with Gasteiger partial charge in [0, 0.05) is 19.3 Å². The largest absolute Gasteiger partial charge is 0.468 e. The van der Waals surface area contributed by atoms with Crippen LogP contribution in [-0.2, 0) is 6.54 Å². The summed E-state index contributed by atoms with van der Waals surface area (Å²) in [5.74, 6) is 3.28. The second-order valence-corrected chi connectivity index (χ2v) is 6.70. The van der Waals surface area contributed by atoms with Crippen LogP contribution in [0.2, 0.25) is 0 Å². The lowest BCUT2D eigenvalue weighted by Gasteiger charge is -2.32. The molecule has 1 N–H and O–H groups in total. The van der Waals surface area contributed by atoms with Gasteiger partial charge in [0.05, 0.1) is 18.2 Å². The summed E-state index contributed by atoms with van der Waals surface area (Å²) >= 11 is 0. The molecule has 6 heteroatoms. The van der Waals surface area contributed by atoms with Gasteiger partial charge in [-0.1, -0.05) is 0 Å². The van der Waals surface area contributed by atoms with Gasteiger partial charge in [0.1, 0.15) is 17.4 Å². The number of hydrogen-bond donors (Lipinski definition) is 1. The van der Waals surface area contributed by atoms with E-state index in [9.17, 15) is 0 Å². The van der Waals surface area contributed by atoms with Crippen LogP contribution in [-0.4, -0.2) is 39.5 Å². The number of pyridine rings is 1. The molecule has 0 bridgehead atoms. The second-order valence-electron chi connectivity index (χ2n) is 6.70. The van der Waals surface area contributed by atoms with Crippen molar-refractivity contribution < 1.29 is 4.42 Å². The fraction of sp³-hybridized carbons (Fsp3) is 0.421. The Balaban J connectivity index is 1.41. The van der Waals surface area contributed by atoms with E-state index in [-0.39, 0.29) is 0 Å². The van der Waals surface area contributed by atoms with Crippen LogP contribution in [0.15, 0.2) is 41.1 Å². The maximum atomic E-state index is 5.48. The average Bonchev–Trinajstić information content (AvgIpc) is 3.13. The maximum absolute atomic E-state index is 5.48.